The van der Waals surface area contributed by atoms with Gasteiger partial charge in [-0.15, -0.1) is 0 Å². The molecule has 0 unspecified atom stereocenters. The van der Waals surface area contributed by atoms with Crippen LogP contribution in [0.4, 0.5) is 0 Å². The van der Waals surface area contributed by atoms with Crippen molar-refractivity contribution in [2.75, 3.05) is 6.61 Å². The van der Waals surface area contributed by atoms with Crippen LogP contribution in [0.1, 0.15) is 68.9 Å². The molecule has 0 spiro atoms. The van der Waals surface area contributed by atoms with Crippen LogP contribution in [-0.4, -0.2) is 40.9 Å². The molecule has 2 aliphatic heterocycles. The van der Waals surface area contributed by atoms with Crippen LogP contribution in [0.5, 0.6) is 5.75 Å². The summed E-state index contributed by atoms with van der Waals surface area (Å²) in [5.41, 5.74) is 1.36. The summed E-state index contributed by atoms with van der Waals surface area (Å²) in [6.45, 7) is 5.80. The van der Waals surface area contributed by atoms with Crippen molar-refractivity contribution >= 4 is 23.3 Å². The topological polar surface area (TPSA) is 105 Å². The normalized spacial score (nSPS) is 22.3. The maximum Gasteiger partial charge on any atom is 0.224 e. The summed E-state index contributed by atoms with van der Waals surface area (Å²) in [5, 5.41) is 2.92. The van der Waals surface area contributed by atoms with Gasteiger partial charge in [-0.2, -0.15) is 0 Å². The number of nitrogens with one attached hydrogen (secondary N) is 2. The molecule has 3 atom stereocenters. The van der Waals surface area contributed by atoms with E-state index < -0.39 is 12.0 Å². The number of hydrogen-bond donors (Lipinski definition) is 2. The van der Waals surface area contributed by atoms with Gasteiger partial charge >= 0.3 is 0 Å². The molecular formula is C28H36N2O5. The molecule has 7 nitrogen and oxygen atoms in total. The first kappa shape index (κ1) is 26.4. The van der Waals surface area contributed by atoms with Crippen molar-refractivity contribution in [1.82, 2.24) is 10.3 Å². The SMILES string of the molecule is CC(=O)[C@@H]1CCCCOc2ccc(cc2)C[C@H](CC(=O)c2ccc[nH]2)C(=O)N[C@@H](C(C)C)C(=O)C1. The largest absolute Gasteiger partial charge is 0.494 e. The molecule has 188 valence electrons. The van der Waals surface area contributed by atoms with E-state index in [0.717, 1.165) is 24.2 Å². The van der Waals surface area contributed by atoms with Gasteiger partial charge in [0.05, 0.1) is 18.3 Å². The molecule has 0 saturated carbocycles. The van der Waals surface area contributed by atoms with Crippen LogP contribution >= 0.6 is 0 Å². The maximum atomic E-state index is 13.4. The van der Waals surface area contributed by atoms with E-state index in [9.17, 15) is 19.2 Å². The fraction of sp³-hybridized carbons (Fsp3) is 0.500. The van der Waals surface area contributed by atoms with Crippen molar-refractivity contribution in [3.8, 4) is 5.75 Å². The first-order valence-electron chi connectivity index (χ1n) is 12.5. The maximum absolute atomic E-state index is 13.4. The van der Waals surface area contributed by atoms with Crippen LogP contribution in [-0.2, 0) is 20.8 Å². The van der Waals surface area contributed by atoms with Gasteiger partial charge in [-0.25, -0.2) is 0 Å². The van der Waals surface area contributed by atoms with E-state index in [1.807, 2.05) is 38.1 Å². The van der Waals surface area contributed by atoms with E-state index in [1.54, 1.807) is 18.3 Å². The molecule has 35 heavy (non-hydrogen) atoms. The number of H-pyrrole nitrogens is 1. The average molecular weight is 481 g/mol. The number of carbonyl (C=O) groups is 4. The first-order valence-corrected chi connectivity index (χ1v) is 12.5. The van der Waals surface area contributed by atoms with E-state index in [4.69, 9.17) is 4.74 Å². The number of ketones is 3. The summed E-state index contributed by atoms with van der Waals surface area (Å²) in [6, 6.07) is 10.3. The predicted molar refractivity (Wildman–Crippen MR) is 133 cm³/mol. The Morgan fingerprint density at radius 2 is 1.80 bits per heavy atom. The Labute approximate surface area is 207 Å². The molecule has 0 aliphatic carbocycles. The minimum atomic E-state index is -0.714. The average Bonchev–Trinajstić information content (AvgIpc) is 3.36. The number of ether oxygens (including phenoxy) is 1. The van der Waals surface area contributed by atoms with Crippen molar-refractivity contribution in [2.45, 2.75) is 65.3 Å². The van der Waals surface area contributed by atoms with Crippen molar-refractivity contribution in [3.05, 3.63) is 53.9 Å². The molecule has 2 aliphatic rings. The lowest BCUT2D eigenvalue weighted by Gasteiger charge is -2.26. The summed E-state index contributed by atoms with van der Waals surface area (Å²) in [6.07, 6.45) is 4.31. The van der Waals surface area contributed by atoms with Gasteiger partial charge < -0.3 is 15.0 Å². The third kappa shape index (κ3) is 7.64. The number of carbonyl (C=O) groups excluding carboxylic acids is 4. The Kier molecular flexibility index (Phi) is 9.40. The lowest BCUT2D eigenvalue weighted by Crippen LogP contribution is -2.48. The Balaban J connectivity index is 1.88. The molecule has 1 aromatic heterocycles. The molecule has 0 radical (unpaired) electrons. The van der Waals surface area contributed by atoms with Gasteiger partial charge in [0, 0.05) is 30.9 Å². The van der Waals surface area contributed by atoms with Crippen LogP contribution in [0.2, 0.25) is 0 Å². The second kappa shape index (κ2) is 12.5. The molecule has 2 N–H and O–H groups in total. The summed E-state index contributed by atoms with van der Waals surface area (Å²) in [4.78, 5) is 54.6. The highest BCUT2D eigenvalue weighted by molar-refractivity contribution is 5.98. The minimum Gasteiger partial charge on any atom is -0.494 e. The fourth-order valence-corrected chi connectivity index (χ4v) is 4.49. The lowest BCUT2D eigenvalue weighted by atomic mass is 9.87. The van der Waals surface area contributed by atoms with E-state index in [0.29, 0.717) is 25.1 Å². The summed E-state index contributed by atoms with van der Waals surface area (Å²) < 4.78 is 5.82. The third-order valence-electron chi connectivity index (χ3n) is 6.66. The van der Waals surface area contributed by atoms with Gasteiger partial charge in [-0.05, 0) is 68.4 Å². The molecule has 3 heterocycles. The van der Waals surface area contributed by atoms with Crippen molar-refractivity contribution in [2.24, 2.45) is 17.8 Å². The molecule has 2 bridgehead atoms. The molecule has 1 amide bonds. The number of amides is 1. The number of fused-ring (bicyclic) bond motifs is 14. The highest BCUT2D eigenvalue weighted by atomic mass is 16.5. The summed E-state index contributed by atoms with van der Waals surface area (Å²) in [5.74, 6) is -1.09. The van der Waals surface area contributed by atoms with Gasteiger partial charge in [0.15, 0.2) is 11.6 Å². The van der Waals surface area contributed by atoms with Gasteiger partial charge in [-0.1, -0.05) is 26.0 Å². The Morgan fingerprint density at radius 1 is 1.06 bits per heavy atom. The predicted octanol–water partition coefficient (Wildman–Crippen LogP) is 4.31. The molecule has 0 fully saturated rings. The highest BCUT2D eigenvalue weighted by Gasteiger charge is 2.31. The van der Waals surface area contributed by atoms with Crippen molar-refractivity contribution in [3.63, 3.8) is 0 Å². The molecular weight excluding hydrogens is 444 g/mol. The Morgan fingerprint density at radius 3 is 2.43 bits per heavy atom. The smallest absolute Gasteiger partial charge is 0.224 e. The van der Waals surface area contributed by atoms with Crippen molar-refractivity contribution < 1.29 is 23.9 Å². The monoisotopic (exact) mass is 480 g/mol. The van der Waals surface area contributed by atoms with E-state index in [-0.39, 0.29) is 47.9 Å². The molecule has 1 aromatic carbocycles. The minimum absolute atomic E-state index is 0.0136. The van der Waals surface area contributed by atoms with Crippen molar-refractivity contribution in [1.29, 1.82) is 0 Å². The lowest BCUT2D eigenvalue weighted by molar-refractivity contribution is -0.132. The number of aromatic amines is 1. The van der Waals surface area contributed by atoms with Gasteiger partial charge in [-0.3, -0.25) is 19.2 Å². The fourth-order valence-electron chi connectivity index (χ4n) is 4.49. The molecule has 4 rings (SSSR count). The highest BCUT2D eigenvalue weighted by Crippen LogP contribution is 2.22. The van der Waals surface area contributed by atoms with Crippen LogP contribution in [0.3, 0.4) is 0 Å². The van der Waals surface area contributed by atoms with Crippen LogP contribution in [0.15, 0.2) is 42.6 Å². The van der Waals surface area contributed by atoms with Crippen LogP contribution in [0.25, 0.3) is 0 Å². The van der Waals surface area contributed by atoms with Gasteiger partial charge in [0.25, 0.3) is 0 Å². The number of Topliss-reactive ketones (excluding diaryl/α,β-unsaturated/α-hetero) is 3. The second-order valence-electron chi connectivity index (χ2n) is 9.81. The third-order valence-corrected chi connectivity index (χ3v) is 6.66. The standard InChI is InChI=1S/C28H36N2O5/c1-18(2)27-26(33)16-21(19(3)31)7-4-5-14-35-23-11-9-20(10-12-23)15-22(28(34)30-27)17-25(32)24-8-6-13-29-24/h6,8-13,18,21-22,27,29H,4-5,7,14-17H2,1-3H3,(H,30,34)/t21-,22-,27+/m1/s1. The first-order chi connectivity index (χ1) is 16.7. The quantitative estimate of drug-likeness (QED) is 0.620. The zero-order chi connectivity index (χ0) is 25.4. The zero-order valence-electron chi connectivity index (χ0n) is 20.8. The molecule has 0 saturated heterocycles. The number of aromatic nitrogens is 1. The zero-order valence-corrected chi connectivity index (χ0v) is 20.8. The number of benzene rings is 1. The number of rotatable bonds is 5. The summed E-state index contributed by atoms with van der Waals surface area (Å²) in [7, 11) is 0. The van der Waals surface area contributed by atoms with Gasteiger partial charge in [0.2, 0.25) is 5.91 Å². The van der Waals surface area contributed by atoms with Crippen LogP contribution in [0, 0.1) is 17.8 Å². The van der Waals surface area contributed by atoms with Gasteiger partial charge in [0.1, 0.15) is 11.5 Å². The molecule has 2 aromatic rings. The molecule has 7 heteroatoms. The van der Waals surface area contributed by atoms with Crippen LogP contribution < -0.4 is 10.1 Å². The van der Waals surface area contributed by atoms with E-state index in [2.05, 4.69) is 10.3 Å². The Bertz CT molecular complexity index is 1010. The Hall–Kier alpha value is -3.22. The number of hydrogen-bond acceptors (Lipinski definition) is 5. The summed E-state index contributed by atoms with van der Waals surface area (Å²) >= 11 is 0. The van der Waals surface area contributed by atoms with E-state index >= 15 is 0 Å². The second-order valence-corrected chi connectivity index (χ2v) is 9.81. The van der Waals surface area contributed by atoms with E-state index in [1.165, 1.54) is 6.92 Å².